The second-order valence-electron chi connectivity index (χ2n) is 4.51. The molecule has 0 aliphatic rings. The molecule has 118 valence electrons. The second-order valence-corrected chi connectivity index (χ2v) is 4.92. The number of nitrogens with zero attached hydrogens (tertiary/aromatic N) is 1. The quantitative estimate of drug-likeness (QED) is 0.637. The first-order valence-corrected chi connectivity index (χ1v) is 7.07. The van der Waals surface area contributed by atoms with Crippen LogP contribution in [0.3, 0.4) is 0 Å². The van der Waals surface area contributed by atoms with Crippen molar-refractivity contribution in [1.82, 2.24) is 10.6 Å². The molecule has 2 N–H and O–H groups in total. The third-order valence-corrected chi connectivity index (χ3v) is 3.08. The Balaban J connectivity index is 2.69. The highest BCUT2D eigenvalue weighted by Gasteiger charge is 2.26. The first-order valence-electron chi connectivity index (χ1n) is 6.69. The summed E-state index contributed by atoms with van der Waals surface area (Å²) in [5, 5.41) is 6.57. The number of rotatable bonds is 5. The van der Waals surface area contributed by atoms with E-state index in [2.05, 4.69) is 15.6 Å². The maximum Gasteiger partial charge on any atom is 0.390 e. The van der Waals surface area contributed by atoms with Crippen molar-refractivity contribution in [3.05, 3.63) is 34.9 Å². The highest BCUT2D eigenvalue weighted by molar-refractivity contribution is 6.31. The van der Waals surface area contributed by atoms with Gasteiger partial charge >= 0.3 is 6.18 Å². The zero-order chi connectivity index (χ0) is 15.9. The highest BCUT2D eigenvalue weighted by atomic mass is 35.5. The minimum atomic E-state index is -4.20. The summed E-state index contributed by atoms with van der Waals surface area (Å²) < 4.78 is 36.4. The van der Waals surface area contributed by atoms with Crippen LogP contribution in [0.2, 0.25) is 5.02 Å². The first kappa shape index (κ1) is 17.6. The zero-order valence-corrected chi connectivity index (χ0v) is 12.7. The van der Waals surface area contributed by atoms with Crippen LogP contribution in [-0.2, 0) is 0 Å². The molecule has 0 heterocycles. The molecule has 0 amide bonds. The molecule has 0 bridgehead atoms. The van der Waals surface area contributed by atoms with E-state index in [4.69, 9.17) is 11.6 Å². The molecule has 7 heteroatoms. The van der Waals surface area contributed by atoms with Crippen LogP contribution in [0.25, 0.3) is 0 Å². The molecule has 0 aromatic heterocycles. The van der Waals surface area contributed by atoms with E-state index in [1.807, 2.05) is 32.0 Å². The summed E-state index contributed by atoms with van der Waals surface area (Å²) in [6.07, 6.45) is -5.14. The lowest BCUT2D eigenvalue weighted by molar-refractivity contribution is -0.132. The van der Waals surface area contributed by atoms with Gasteiger partial charge in [0, 0.05) is 11.6 Å². The van der Waals surface area contributed by atoms with Gasteiger partial charge < -0.3 is 10.6 Å². The van der Waals surface area contributed by atoms with Gasteiger partial charge in [-0.05, 0) is 25.5 Å². The third-order valence-electron chi connectivity index (χ3n) is 2.73. The normalized spacial score (nSPS) is 13.9. The summed E-state index contributed by atoms with van der Waals surface area (Å²) in [5.41, 5.74) is 0.862. The molecule has 0 saturated heterocycles. The van der Waals surface area contributed by atoms with Gasteiger partial charge in [0.15, 0.2) is 5.96 Å². The molecule has 1 aromatic rings. The molecule has 0 aliphatic heterocycles. The van der Waals surface area contributed by atoms with Crippen molar-refractivity contribution in [3.63, 3.8) is 0 Å². The number of guanidine groups is 1. The van der Waals surface area contributed by atoms with Crippen LogP contribution in [0, 0.1) is 0 Å². The SMILES string of the molecule is CCNC(=NCCC(F)(F)F)NC(C)c1ccccc1Cl. The lowest BCUT2D eigenvalue weighted by atomic mass is 10.1. The number of nitrogens with one attached hydrogen (secondary N) is 2. The van der Waals surface area contributed by atoms with Crippen molar-refractivity contribution in [3.8, 4) is 0 Å². The van der Waals surface area contributed by atoms with Gasteiger partial charge in [-0.25, -0.2) is 0 Å². The largest absolute Gasteiger partial charge is 0.390 e. The monoisotopic (exact) mass is 321 g/mol. The molecule has 3 nitrogen and oxygen atoms in total. The number of halogens is 4. The maximum absolute atomic E-state index is 12.1. The Morgan fingerprint density at radius 3 is 2.57 bits per heavy atom. The minimum Gasteiger partial charge on any atom is -0.357 e. The van der Waals surface area contributed by atoms with Crippen molar-refractivity contribution in [2.24, 2.45) is 4.99 Å². The van der Waals surface area contributed by atoms with Crippen LogP contribution in [0.15, 0.2) is 29.3 Å². The van der Waals surface area contributed by atoms with E-state index in [0.29, 0.717) is 17.5 Å². The molecule has 0 fully saturated rings. The molecule has 1 aromatic carbocycles. The molecule has 0 spiro atoms. The Labute approximate surface area is 127 Å². The zero-order valence-electron chi connectivity index (χ0n) is 12.0. The predicted octanol–water partition coefficient (Wildman–Crippen LogP) is 3.91. The molecule has 0 saturated carbocycles. The molecular formula is C14H19ClF3N3. The van der Waals surface area contributed by atoms with Gasteiger partial charge in [0.2, 0.25) is 0 Å². The molecule has 1 unspecified atom stereocenters. The van der Waals surface area contributed by atoms with Crippen molar-refractivity contribution in [2.75, 3.05) is 13.1 Å². The smallest absolute Gasteiger partial charge is 0.357 e. The van der Waals surface area contributed by atoms with E-state index >= 15 is 0 Å². The Kier molecular flexibility index (Phi) is 6.81. The Bertz CT molecular complexity index is 475. The summed E-state index contributed by atoms with van der Waals surface area (Å²) >= 11 is 6.09. The van der Waals surface area contributed by atoms with Crippen molar-refractivity contribution in [1.29, 1.82) is 0 Å². The minimum absolute atomic E-state index is 0.164. The van der Waals surface area contributed by atoms with Crippen LogP contribution in [0.5, 0.6) is 0 Å². The number of hydrogen-bond acceptors (Lipinski definition) is 1. The van der Waals surface area contributed by atoms with Gasteiger partial charge in [0.1, 0.15) is 0 Å². The van der Waals surface area contributed by atoms with Crippen molar-refractivity contribution >= 4 is 17.6 Å². The van der Waals surface area contributed by atoms with E-state index in [9.17, 15) is 13.2 Å². The fourth-order valence-corrected chi connectivity index (χ4v) is 2.02. The Morgan fingerprint density at radius 2 is 2.00 bits per heavy atom. The predicted molar refractivity (Wildman–Crippen MR) is 79.7 cm³/mol. The summed E-state index contributed by atoms with van der Waals surface area (Å²) in [4.78, 5) is 3.93. The average molecular weight is 322 g/mol. The van der Waals surface area contributed by atoms with Crippen LogP contribution in [0.4, 0.5) is 13.2 Å². The van der Waals surface area contributed by atoms with E-state index in [1.165, 1.54) is 0 Å². The fraction of sp³-hybridized carbons (Fsp3) is 0.500. The van der Waals surface area contributed by atoms with Crippen molar-refractivity contribution < 1.29 is 13.2 Å². The van der Waals surface area contributed by atoms with Crippen molar-refractivity contribution in [2.45, 2.75) is 32.5 Å². The summed E-state index contributed by atoms with van der Waals surface area (Å²) in [5.74, 6) is 0.342. The van der Waals surface area contributed by atoms with Gasteiger partial charge in [0.05, 0.1) is 19.0 Å². The molecule has 0 aliphatic carbocycles. The highest BCUT2D eigenvalue weighted by Crippen LogP contribution is 2.22. The molecule has 1 atom stereocenters. The standard InChI is InChI=1S/C14H19ClF3N3/c1-3-19-13(20-9-8-14(16,17)18)21-10(2)11-6-4-5-7-12(11)15/h4-7,10H,3,8-9H2,1-2H3,(H2,19,20,21). The number of alkyl halides is 3. The summed E-state index contributed by atoms with van der Waals surface area (Å²) in [6.45, 7) is 3.97. The second kappa shape index (κ2) is 8.12. The van der Waals surface area contributed by atoms with Gasteiger partial charge in [-0.3, -0.25) is 4.99 Å². The van der Waals surface area contributed by atoms with E-state index in [-0.39, 0.29) is 12.6 Å². The van der Waals surface area contributed by atoms with Gasteiger partial charge in [-0.2, -0.15) is 13.2 Å². The number of hydrogen-bond donors (Lipinski definition) is 2. The molecule has 21 heavy (non-hydrogen) atoms. The Hall–Kier alpha value is -1.43. The lowest BCUT2D eigenvalue weighted by Crippen LogP contribution is -2.39. The third kappa shape index (κ3) is 6.71. The molecule has 0 radical (unpaired) electrons. The fourth-order valence-electron chi connectivity index (χ4n) is 1.72. The van der Waals surface area contributed by atoms with E-state index in [0.717, 1.165) is 5.56 Å². The van der Waals surface area contributed by atoms with Gasteiger partial charge in [0.25, 0.3) is 0 Å². The molecule has 1 rings (SSSR count). The van der Waals surface area contributed by atoms with Crippen LogP contribution in [-0.4, -0.2) is 25.2 Å². The maximum atomic E-state index is 12.1. The Morgan fingerprint density at radius 1 is 1.33 bits per heavy atom. The van der Waals surface area contributed by atoms with Crippen LogP contribution in [0.1, 0.15) is 31.9 Å². The lowest BCUT2D eigenvalue weighted by Gasteiger charge is -2.19. The van der Waals surface area contributed by atoms with E-state index < -0.39 is 12.6 Å². The summed E-state index contributed by atoms with van der Waals surface area (Å²) in [6, 6.07) is 7.14. The van der Waals surface area contributed by atoms with Gasteiger partial charge in [-0.1, -0.05) is 29.8 Å². The van der Waals surface area contributed by atoms with Gasteiger partial charge in [-0.15, -0.1) is 0 Å². The number of benzene rings is 1. The molecular weight excluding hydrogens is 303 g/mol. The van der Waals surface area contributed by atoms with Crippen LogP contribution < -0.4 is 10.6 Å². The summed E-state index contributed by atoms with van der Waals surface area (Å²) in [7, 11) is 0. The van der Waals surface area contributed by atoms with E-state index in [1.54, 1.807) is 6.07 Å². The first-order chi connectivity index (χ1) is 9.83. The number of aliphatic imine (C=N–C) groups is 1. The average Bonchev–Trinajstić information content (AvgIpc) is 2.37. The van der Waals surface area contributed by atoms with Crippen LogP contribution >= 0.6 is 11.6 Å². The topological polar surface area (TPSA) is 36.4 Å².